The van der Waals surface area contributed by atoms with Crippen LogP contribution in [0.2, 0.25) is 0 Å². The van der Waals surface area contributed by atoms with Gasteiger partial charge in [0.25, 0.3) is 5.91 Å². The Morgan fingerprint density at radius 2 is 2.00 bits per heavy atom. The number of piperidine rings is 1. The zero-order chi connectivity index (χ0) is 17.6. The normalized spacial score (nSPS) is 15.9. The van der Waals surface area contributed by atoms with Crippen molar-refractivity contribution in [1.82, 2.24) is 20.0 Å². The molecular formula is C19H22N4O2. The smallest absolute Gasteiger partial charge is 0.255 e. The number of carbonyl (C=O) groups is 1. The number of rotatable bonds is 2. The monoisotopic (exact) mass is 338 g/mol. The standard InChI is InChI=1S/C19H22N4O2/c1-11-12(2)20-17-15(11)5-4-6-16(17)19(24)23-9-7-14(8-10-23)18-21-13(3)22-25-18/h4-6,14,20H,7-10H2,1-3H3. The van der Waals surface area contributed by atoms with Gasteiger partial charge in [0.05, 0.1) is 11.1 Å². The Balaban J connectivity index is 1.54. The van der Waals surface area contributed by atoms with Crippen molar-refractivity contribution >= 4 is 16.8 Å². The van der Waals surface area contributed by atoms with Crippen LogP contribution >= 0.6 is 0 Å². The quantitative estimate of drug-likeness (QED) is 0.776. The summed E-state index contributed by atoms with van der Waals surface area (Å²) < 4.78 is 5.29. The van der Waals surface area contributed by atoms with E-state index in [-0.39, 0.29) is 11.8 Å². The summed E-state index contributed by atoms with van der Waals surface area (Å²) in [5, 5.41) is 4.99. The summed E-state index contributed by atoms with van der Waals surface area (Å²) in [5.74, 6) is 1.70. The molecule has 0 saturated carbocycles. The fourth-order valence-electron chi connectivity index (χ4n) is 3.64. The first kappa shape index (κ1) is 15.9. The van der Waals surface area contributed by atoms with E-state index in [4.69, 9.17) is 4.52 Å². The minimum absolute atomic E-state index is 0.0898. The molecule has 6 heteroatoms. The second kappa shape index (κ2) is 6.02. The van der Waals surface area contributed by atoms with Gasteiger partial charge in [-0.3, -0.25) is 4.79 Å². The van der Waals surface area contributed by atoms with Crippen LogP contribution in [0.3, 0.4) is 0 Å². The molecule has 1 aromatic carbocycles. The highest BCUT2D eigenvalue weighted by Gasteiger charge is 2.28. The van der Waals surface area contributed by atoms with Gasteiger partial charge in [0.2, 0.25) is 5.89 Å². The maximum absolute atomic E-state index is 13.0. The Hall–Kier alpha value is -2.63. The molecule has 4 rings (SSSR count). The van der Waals surface area contributed by atoms with Crippen molar-refractivity contribution in [2.24, 2.45) is 0 Å². The van der Waals surface area contributed by atoms with E-state index in [2.05, 4.69) is 28.1 Å². The molecule has 0 radical (unpaired) electrons. The van der Waals surface area contributed by atoms with E-state index in [1.54, 1.807) is 0 Å². The van der Waals surface area contributed by atoms with Crippen LogP contribution < -0.4 is 0 Å². The van der Waals surface area contributed by atoms with E-state index in [0.29, 0.717) is 24.8 Å². The van der Waals surface area contributed by atoms with Crippen molar-refractivity contribution in [2.45, 2.75) is 39.5 Å². The number of likely N-dealkylation sites (tertiary alicyclic amines) is 1. The minimum atomic E-state index is 0.0898. The van der Waals surface area contributed by atoms with E-state index in [9.17, 15) is 4.79 Å². The third-order valence-electron chi connectivity index (χ3n) is 5.25. The zero-order valence-corrected chi connectivity index (χ0v) is 14.8. The fraction of sp³-hybridized carbons (Fsp3) is 0.421. The van der Waals surface area contributed by atoms with Gasteiger partial charge in [0.15, 0.2) is 5.82 Å². The Labute approximate surface area is 146 Å². The number of carbonyl (C=O) groups excluding carboxylic acids is 1. The molecule has 1 saturated heterocycles. The summed E-state index contributed by atoms with van der Waals surface area (Å²) in [6.07, 6.45) is 1.71. The molecule has 3 heterocycles. The lowest BCUT2D eigenvalue weighted by Crippen LogP contribution is -2.38. The first-order chi connectivity index (χ1) is 12.0. The second-order valence-electron chi connectivity index (χ2n) is 6.85. The summed E-state index contributed by atoms with van der Waals surface area (Å²) in [7, 11) is 0. The van der Waals surface area contributed by atoms with Gasteiger partial charge in [0.1, 0.15) is 0 Å². The van der Waals surface area contributed by atoms with E-state index in [0.717, 1.165) is 35.0 Å². The average molecular weight is 338 g/mol. The van der Waals surface area contributed by atoms with Crippen LogP contribution in [0.4, 0.5) is 0 Å². The van der Waals surface area contributed by atoms with Gasteiger partial charge in [-0.05, 0) is 45.2 Å². The van der Waals surface area contributed by atoms with Crippen molar-refractivity contribution in [3.05, 3.63) is 46.7 Å². The second-order valence-corrected chi connectivity index (χ2v) is 6.85. The number of aromatic nitrogens is 3. The highest BCUT2D eigenvalue weighted by atomic mass is 16.5. The molecule has 0 atom stereocenters. The number of nitrogens with one attached hydrogen (secondary N) is 1. The van der Waals surface area contributed by atoms with Crippen LogP contribution in [0.25, 0.3) is 10.9 Å². The predicted octanol–water partition coefficient (Wildman–Crippen LogP) is 3.50. The topological polar surface area (TPSA) is 75.0 Å². The maximum atomic E-state index is 13.0. The molecule has 1 aliphatic rings. The number of hydrogen-bond acceptors (Lipinski definition) is 4. The number of amides is 1. The van der Waals surface area contributed by atoms with Crippen molar-refractivity contribution < 1.29 is 9.32 Å². The summed E-state index contributed by atoms with van der Waals surface area (Å²) in [6.45, 7) is 7.37. The Morgan fingerprint density at radius 3 is 2.68 bits per heavy atom. The molecule has 2 aromatic heterocycles. The molecule has 6 nitrogen and oxygen atoms in total. The number of benzene rings is 1. The van der Waals surface area contributed by atoms with Gasteiger partial charge in [-0.25, -0.2) is 0 Å². The van der Waals surface area contributed by atoms with Gasteiger partial charge in [-0.15, -0.1) is 0 Å². The third kappa shape index (κ3) is 2.71. The lowest BCUT2D eigenvalue weighted by Gasteiger charge is -2.30. The molecule has 1 aliphatic heterocycles. The Bertz CT molecular complexity index is 932. The number of hydrogen-bond donors (Lipinski definition) is 1. The van der Waals surface area contributed by atoms with Gasteiger partial charge >= 0.3 is 0 Å². The van der Waals surface area contributed by atoms with Crippen LogP contribution in [-0.4, -0.2) is 39.0 Å². The SMILES string of the molecule is Cc1noc(C2CCN(C(=O)c3cccc4c(C)c(C)[nH]c34)CC2)n1. The fourth-order valence-corrected chi connectivity index (χ4v) is 3.64. The molecule has 0 unspecified atom stereocenters. The summed E-state index contributed by atoms with van der Waals surface area (Å²) in [5.41, 5.74) is 4.01. The zero-order valence-electron chi connectivity index (χ0n) is 14.8. The summed E-state index contributed by atoms with van der Waals surface area (Å²) in [6, 6.07) is 5.94. The molecule has 0 spiro atoms. The molecule has 0 bridgehead atoms. The first-order valence-electron chi connectivity index (χ1n) is 8.72. The van der Waals surface area contributed by atoms with Crippen LogP contribution in [-0.2, 0) is 0 Å². The highest BCUT2D eigenvalue weighted by Crippen LogP contribution is 2.29. The van der Waals surface area contributed by atoms with E-state index in [1.807, 2.05) is 30.9 Å². The van der Waals surface area contributed by atoms with Crippen LogP contribution in [0, 0.1) is 20.8 Å². The molecule has 25 heavy (non-hydrogen) atoms. The highest BCUT2D eigenvalue weighted by molar-refractivity contribution is 6.06. The minimum Gasteiger partial charge on any atom is -0.358 e. The number of nitrogens with zero attached hydrogens (tertiary/aromatic N) is 3. The molecule has 1 fully saturated rings. The van der Waals surface area contributed by atoms with E-state index in [1.165, 1.54) is 5.56 Å². The van der Waals surface area contributed by atoms with E-state index >= 15 is 0 Å². The maximum Gasteiger partial charge on any atom is 0.255 e. The van der Waals surface area contributed by atoms with Gasteiger partial charge in [-0.1, -0.05) is 17.3 Å². The molecule has 0 aliphatic carbocycles. The van der Waals surface area contributed by atoms with Crippen molar-refractivity contribution in [1.29, 1.82) is 0 Å². The van der Waals surface area contributed by atoms with Crippen LogP contribution in [0.5, 0.6) is 0 Å². The average Bonchev–Trinajstić information content (AvgIpc) is 3.18. The van der Waals surface area contributed by atoms with E-state index < -0.39 is 0 Å². The summed E-state index contributed by atoms with van der Waals surface area (Å²) in [4.78, 5) is 22.7. The van der Waals surface area contributed by atoms with Gasteiger partial charge in [0, 0.05) is 30.1 Å². The van der Waals surface area contributed by atoms with Gasteiger partial charge < -0.3 is 14.4 Å². The number of aryl methyl sites for hydroxylation is 3. The number of aromatic amines is 1. The van der Waals surface area contributed by atoms with Crippen molar-refractivity contribution in [3.63, 3.8) is 0 Å². The predicted molar refractivity (Wildman–Crippen MR) is 94.7 cm³/mol. The molecule has 130 valence electrons. The summed E-state index contributed by atoms with van der Waals surface area (Å²) >= 11 is 0. The lowest BCUT2D eigenvalue weighted by molar-refractivity contribution is 0.0706. The first-order valence-corrected chi connectivity index (χ1v) is 8.72. The Kier molecular flexibility index (Phi) is 3.82. The number of fused-ring (bicyclic) bond motifs is 1. The molecule has 1 amide bonds. The van der Waals surface area contributed by atoms with Crippen molar-refractivity contribution in [2.75, 3.05) is 13.1 Å². The van der Waals surface area contributed by atoms with Crippen LogP contribution in [0.1, 0.15) is 52.1 Å². The molecule has 3 aromatic rings. The van der Waals surface area contributed by atoms with Crippen molar-refractivity contribution in [3.8, 4) is 0 Å². The number of para-hydroxylation sites is 1. The molecule has 1 N–H and O–H groups in total. The van der Waals surface area contributed by atoms with Crippen LogP contribution in [0.15, 0.2) is 22.7 Å². The Morgan fingerprint density at radius 1 is 1.24 bits per heavy atom. The third-order valence-corrected chi connectivity index (χ3v) is 5.25. The molecular weight excluding hydrogens is 316 g/mol. The van der Waals surface area contributed by atoms with Gasteiger partial charge in [-0.2, -0.15) is 4.98 Å². The number of H-pyrrole nitrogens is 1. The lowest BCUT2D eigenvalue weighted by atomic mass is 9.96. The largest absolute Gasteiger partial charge is 0.358 e.